The molecule has 1 unspecified atom stereocenters. The molecular weight excluding hydrogens is 298 g/mol. The summed E-state index contributed by atoms with van der Waals surface area (Å²) in [6, 6.07) is 12.7. The minimum atomic E-state index is 0.0570. The number of carbonyl (C=O) groups excluding carboxylic acids is 1. The van der Waals surface area contributed by atoms with Gasteiger partial charge in [-0.25, -0.2) is 0 Å². The highest BCUT2D eigenvalue weighted by Gasteiger charge is 2.35. The van der Waals surface area contributed by atoms with Gasteiger partial charge in [-0.1, -0.05) is 24.3 Å². The van der Waals surface area contributed by atoms with Crippen LogP contribution in [0.2, 0.25) is 0 Å². The Labute approximate surface area is 141 Å². The van der Waals surface area contributed by atoms with E-state index in [2.05, 4.69) is 28.4 Å². The second kappa shape index (κ2) is 5.35. The highest BCUT2D eigenvalue weighted by Crippen LogP contribution is 2.28. The van der Waals surface area contributed by atoms with Crippen molar-refractivity contribution in [3.8, 4) is 0 Å². The molecule has 3 aromatic rings. The lowest BCUT2D eigenvalue weighted by molar-refractivity contribution is 0.0620. The number of nitrogens with one attached hydrogen (secondary N) is 1. The van der Waals surface area contributed by atoms with Crippen molar-refractivity contribution in [1.82, 2.24) is 14.6 Å². The van der Waals surface area contributed by atoms with Crippen LogP contribution in [-0.2, 0) is 0 Å². The Balaban J connectivity index is 1.46. The Kier molecular flexibility index (Phi) is 3.13. The largest absolute Gasteiger partial charge is 0.348 e. The molecule has 122 valence electrons. The Hall–Kier alpha value is -2.33. The number of benzene rings is 1. The molecule has 5 heterocycles. The SMILES string of the molecule is O=C(NC1CN2CCC1CC2)c1cc2c3ccccc3ccn2c1. The van der Waals surface area contributed by atoms with Crippen molar-refractivity contribution in [3.05, 3.63) is 54.4 Å². The van der Waals surface area contributed by atoms with Crippen LogP contribution in [-0.4, -0.2) is 40.9 Å². The molecule has 2 bridgehead atoms. The Bertz CT molecular complexity index is 921. The van der Waals surface area contributed by atoms with Crippen molar-refractivity contribution in [3.63, 3.8) is 0 Å². The lowest BCUT2D eigenvalue weighted by Crippen LogP contribution is -2.57. The maximum Gasteiger partial charge on any atom is 0.253 e. The number of rotatable bonds is 2. The summed E-state index contributed by atoms with van der Waals surface area (Å²) in [5, 5.41) is 5.67. The van der Waals surface area contributed by atoms with Crippen LogP contribution in [0.15, 0.2) is 48.8 Å². The molecule has 1 aromatic carbocycles. The van der Waals surface area contributed by atoms with E-state index in [1.54, 1.807) is 0 Å². The molecule has 3 aliphatic heterocycles. The topological polar surface area (TPSA) is 36.8 Å². The maximum atomic E-state index is 12.8. The van der Waals surface area contributed by atoms with E-state index in [0.717, 1.165) is 17.6 Å². The first kappa shape index (κ1) is 14.1. The molecule has 0 aliphatic carbocycles. The van der Waals surface area contributed by atoms with Crippen LogP contribution in [0, 0.1) is 5.92 Å². The number of hydrogen-bond donors (Lipinski definition) is 1. The quantitative estimate of drug-likeness (QED) is 0.788. The normalized spacial score (nSPS) is 26.1. The molecular formula is C20H21N3O. The van der Waals surface area contributed by atoms with E-state index in [-0.39, 0.29) is 5.91 Å². The molecule has 0 spiro atoms. The second-order valence-corrected chi connectivity index (χ2v) is 7.14. The van der Waals surface area contributed by atoms with Gasteiger partial charge in [-0.05, 0) is 49.4 Å². The van der Waals surface area contributed by atoms with Crippen molar-refractivity contribution in [2.24, 2.45) is 5.92 Å². The number of nitrogens with zero attached hydrogens (tertiary/aromatic N) is 2. The van der Waals surface area contributed by atoms with Gasteiger partial charge in [0.1, 0.15) is 0 Å². The highest BCUT2D eigenvalue weighted by atomic mass is 16.1. The molecule has 1 N–H and O–H groups in total. The lowest BCUT2D eigenvalue weighted by atomic mass is 9.84. The Morgan fingerprint density at radius 2 is 1.96 bits per heavy atom. The van der Waals surface area contributed by atoms with E-state index in [9.17, 15) is 4.79 Å². The monoisotopic (exact) mass is 319 g/mol. The van der Waals surface area contributed by atoms with Crippen molar-refractivity contribution in [2.75, 3.05) is 19.6 Å². The highest BCUT2D eigenvalue weighted by molar-refractivity contribution is 6.01. The first-order valence-corrected chi connectivity index (χ1v) is 8.80. The van der Waals surface area contributed by atoms with E-state index >= 15 is 0 Å². The van der Waals surface area contributed by atoms with Gasteiger partial charge in [0, 0.05) is 30.4 Å². The number of fused-ring (bicyclic) bond motifs is 6. The van der Waals surface area contributed by atoms with E-state index in [1.165, 1.54) is 36.7 Å². The molecule has 3 aliphatic rings. The van der Waals surface area contributed by atoms with Crippen LogP contribution in [0.3, 0.4) is 0 Å². The minimum Gasteiger partial charge on any atom is -0.348 e. The van der Waals surface area contributed by atoms with Gasteiger partial charge in [-0.15, -0.1) is 0 Å². The summed E-state index contributed by atoms with van der Waals surface area (Å²) in [7, 11) is 0. The fraction of sp³-hybridized carbons (Fsp3) is 0.350. The number of pyridine rings is 1. The summed E-state index contributed by atoms with van der Waals surface area (Å²) in [4.78, 5) is 15.2. The van der Waals surface area contributed by atoms with E-state index in [1.807, 2.05) is 35.0 Å². The first-order valence-electron chi connectivity index (χ1n) is 8.80. The van der Waals surface area contributed by atoms with E-state index in [4.69, 9.17) is 0 Å². The van der Waals surface area contributed by atoms with Gasteiger partial charge in [-0.2, -0.15) is 0 Å². The Morgan fingerprint density at radius 1 is 1.12 bits per heavy atom. The van der Waals surface area contributed by atoms with Crippen molar-refractivity contribution in [1.29, 1.82) is 0 Å². The number of hydrogen-bond acceptors (Lipinski definition) is 2. The number of carbonyl (C=O) groups is 1. The number of aromatic nitrogens is 1. The predicted octanol–water partition coefficient (Wildman–Crippen LogP) is 2.92. The molecule has 24 heavy (non-hydrogen) atoms. The average molecular weight is 319 g/mol. The lowest BCUT2D eigenvalue weighted by Gasteiger charge is -2.44. The molecule has 3 fully saturated rings. The molecule has 0 radical (unpaired) electrons. The minimum absolute atomic E-state index is 0.0570. The summed E-state index contributed by atoms with van der Waals surface area (Å²) in [6.45, 7) is 3.39. The molecule has 1 atom stereocenters. The molecule has 4 heteroatoms. The van der Waals surface area contributed by atoms with E-state index < -0.39 is 0 Å². The molecule has 3 saturated heterocycles. The van der Waals surface area contributed by atoms with Crippen LogP contribution in [0.4, 0.5) is 0 Å². The third-order valence-corrected chi connectivity index (χ3v) is 5.73. The zero-order valence-corrected chi connectivity index (χ0v) is 13.6. The van der Waals surface area contributed by atoms with Gasteiger partial charge in [0.25, 0.3) is 5.91 Å². The maximum absolute atomic E-state index is 12.8. The molecule has 0 saturated carbocycles. The third-order valence-electron chi connectivity index (χ3n) is 5.73. The van der Waals surface area contributed by atoms with Crippen molar-refractivity contribution < 1.29 is 4.79 Å². The van der Waals surface area contributed by atoms with Crippen LogP contribution >= 0.6 is 0 Å². The predicted molar refractivity (Wildman–Crippen MR) is 95.3 cm³/mol. The smallest absolute Gasteiger partial charge is 0.253 e. The molecule has 2 aromatic heterocycles. The van der Waals surface area contributed by atoms with Gasteiger partial charge in [0.05, 0.1) is 11.1 Å². The van der Waals surface area contributed by atoms with Gasteiger partial charge in [0.15, 0.2) is 0 Å². The standard InChI is InChI=1S/C20H21N3O/c24-20(21-18-13-22-8-5-15(18)6-9-22)16-11-19-17-4-2-1-3-14(17)7-10-23(19)12-16/h1-4,7,10-12,15,18H,5-6,8-9,13H2,(H,21,24). The van der Waals surface area contributed by atoms with Gasteiger partial charge < -0.3 is 14.6 Å². The van der Waals surface area contributed by atoms with Crippen LogP contribution in [0.25, 0.3) is 16.3 Å². The van der Waals surface area contributed by atoms with Crippen molar-refractivity contribution >= 4 is 22.2 Å². The van der Waals surface area contributed by atoms with Gasteiger partial charge >= 0.3 is 0 Å². The molecule has 6 rings (SSSR count). The summed E-state index contributed by atoms with van der Waals surface area (Å²) in [6.07, 6.45) is 6.40. The summed E-state index contributed by atoms with van der Waals surface area (Å²) >= 11 is 0. The molecule has 1 amide bonds. The third kappa shape index (κ3) is 2.21. The van der Waals surface area contributed by atoms with Gasteiger partial charge in [-0.3, -0.25) is 4.79 Å². The summed E-state index contributed by atoms with van der Waals surface area (Å²) < 4.78 is 2.05. The van der Waals surface area contributed by atoms with E-state index in [0.29, 0.717) is 12.0 Å². The average Bonchev–Trinajstić information content (AvgIpc) is 3.08. The van der Waals surface area contributed by atoms with Crippen molar-refractivity contribution in [2.45, 2.75) is 18.9 Å². The second-order valence-electron chi connectivity index (χ2n) is 7.14. The molecule has 4 nitrogen and oxygen atoms in total. The zero-order valence-electron chi connectivity index (χ0n) is 13.6. The van der Waals surface area contributed by atoms with Gasteiger partial charge in [0.2, 0.25) is 0 Å². The summed E-state index contributed by atoms with van der Waals surface area (Å²) in [5.41, 5.74) is 1.84. The number of piperidine rings is 3. The summed E-state index contributed by atoms with van der Waals surface area (Å²) in [5.74, 6) is 0.707. The Morgan fingerprint density at radius 3 is 2.75 bits per heavy atom. The fourth-order valence-electron chi connectivity index (χ4n) is 4.36. The van der Waals surface area contributed by atoms with Crippen LogP contribution < -0.4 is 5.32 Å². The van der Waals surface area contributed by atoms with Crippen LogP contribution in [0.5, 0.6) is 0 Å². The first-order chi connectivity index (χ1) is 11.8. The number of amides is 1. The zero-order chi connectivity index (χ0) is 16.1. The van der Waals surface area contributed by atoms with Crippen LogP contribution in [0.1, 0.15) is 23.2 Å². The fourth-order valence-corrected chi connectivity index (χ4v) is 4.36.